The Bertz CT molecular complexity index is 373. The summed E-state index contributed by atoms with van der Waals surface area (Å²) in [5.74, 6) is -4.22. The van der Waals surface area contributed by atoms with Crippen molar-refractivity contribution in [3.05, 3.63) is 29.6 Å². The number of rotatable bonds is 4. The standard InChI is InChI=1S/C10H11F3N2O/c1-14-9(16)2-3-15-6-4-7(11)10(13)8(12)5-6/h4-5,15H,2-3H2,1H3,(H,14,16). The highest BCUT2D eigenvalue weighted by atomic mass is 19.2. The molecule has 2 N–H and O–H groups in total. The van der Waals surface area contributed by atoms with Crippen LogP contribution in [0.25, 0.3) is 0 Å². The first kappa shape index (κ1) is 12.4. The van der Waals surface area contributed by atoms with Gasteiger partial charge in [-0.1, -0.05) is 0 Å². The zero-order valence-electron chi connectivity index (χ0n) is 8.61. The summed E-state index contributed by atoms with van der Waals surface area (Å²) >= 11 is 0. The Kier molecular flexibility index (Phi) is 4.16. The van der Waals surface area contributed by atoms with Gasteiger partial charge in [-0.15, -0.1) is 0 Å². The van der Waals surface area contributed by atoms with Crippen molar-refractivity contribution in [1.82, 2.24) is 5.32 Å². The molecule has 0 saturated carbocycles. The highest BCUT2D eigenvalue weighted by Gasteiger charge is 2.10. The predicted octanol–water partition coefficient (Wildman–Crippen LogP) is 1.65. The lowest BCUT2D eigenvalue weighted by atomic mass is 10.2. The lowest BCUT2D eigenvalue weighted by Crippen LogP contribution is -2.20. The molecule has 0 aliphatic rings. The number of anilines is 1. The van der Waals surface area contributed by atoms with Gasteiger partial charge >= 0.3 is 0 Å². The van der Waals surface area contributed by atoms with Crippen LogP contribution in [0.1, 0.15) is 6.42 Å². The molecular formula is C10H11F3N2O. The Morgan fingerprint density at radius 2 is 1.81 bits per heavy atom. The molecule has 3 nitrogen and oxygen atoms in total. The highest BCUT2D eigenvalue weighted by molar-refractivity contribution is 5.76. The Labute approximate surface area is 90.6 Å². The number of hydrogen-bond acceptors (Lipinski definition) is 2. The summed E-state index contributed by atoms with van der Waals surface area (Å²) in [5.41, 5.74) is 0.0975. The molecule has 1 rings (SSSR count). The van der Waals surface area contributed by atoms with Gasteiger partial charge in [-0.05, 0) is 0 Å². The number of nitrogens with one attached hydrogen (secondary N) is 2. The van der Waals surface area contributed by atoms with Crippen LogP contribution in [-0.4, -0.2) is 19.5 Å². The molecule has 0 atom stereocenters. The van der Waals surface area contributed by atoms with Gasteiger partial charge in [-0.3, -0.25) is 4.79 Å². The van der Waals surface area contributed by atoms with Crippen molar-refractivity contribution in [2.24, 2.45) is 0 Å². The number of halogens is 3. The first-order valence-electron chi connectivity index (χ1n) is 4.63. The molecule has 0 aliphatic carbocycles. The molecule has 1 aromatic rings. The molecule has 0 unspecified atom stereocenters. The van der Waals surface area contributed by atoms with E-state index in [1.165, 1.54) is 7.05 Å². The maximum absolute atomic E-state index is 12.8. The van der Waals surface area contributed by atoms with Gasteiger partial charge in [-0.25, -0.2) is 13.2 Å². The van der Waals surface area contributed by atoms with Crippen molar-refractivity contribution < 1.29 is 18.0 Å². The summed E-state index contributed by atoms with van der Waals surface area (Å²) in [6.07, 6.45) is 0.164. The largest absolute Gasteiger partial charge is 0.384 e. The van der Waals surface area contributed by atoms with Crippen molar-refractivity contribution in [1.29, 1.82) is 0 Å². The summed E-state index contributed by atoms with van der Waals surface area (Å²) in [5, 5.41) is 5.01. The Morgan fingerprint density at radius 3 is 2.31 bits per heavy atom. The summed E-state index contributed by atoms with van der Waals surface area (Å²) < 4.78 is 38.1. The molecule has 0 bridgehead atoms. The molecule has 6 heteroatoms. The van der Waals surface area contributed by atoms with Gasteiger partial charge in [0.15, 0.2) is 17.5 Å². The highest BCUT2D eigenvalue weighted by Crippen LogP contribution is 2.17. The number of benzene rings is 1. The fourth-order valence-corrected chi connectivity index (χ4v) is 1.10. The van der Waals surface area contributed by atoms with Gasteiger partial charge in [0.2, 0.25) is 5.91 Å². The maximum Gasteiger partial charge on any atom is 0.221 e. The molecule has 88 valence electrons. The molecule has 0 aromatic heterocycles. The zero-order chi connectivity index (χ0) is 12.1. The molecule has 0 spiro atoms. The van der Waals surface area contributed by atoms with Crippen molar-refractivity contribution in [3.8, 4) is 0 Å². The van der Waals surface area contributed by atoms with E-state index in [-0.39, 0.29) is 24.6 Å². The minimum absolute atomic E-state index is 0.0975. The van der Waals surface area contributed by atoms with Gasteiger partial charge in [0.05, 0.1) is 0 Å². The second-order valence-corrected chi connectivity index (χ2v) is 3.10. The number of carbonyl (C=O) groups is 1. The minimum Gasteiger partial charge on any atom is -0.384 e. The summed E-state index contributed by atoms with van der Waals surface area (Å²) in [6, 6.07) is 1.67. The molecule has 0 fully saturated rings. The second-order valence-electron chi connectivity index (χ2n) is 3.10. The van der Waals surface area contributed by atoms with E-state index in [9.17, 15) is 18.0 Å². The van der Waals surface area contributed by atoms with Crippen LogP contribution in [0.5, 0.6) is 0 Å². The number of carbonyl (C=O) groups excluding carboxylic acids is 1. The SMILES string of the molecule is CNC(=O)CCNc1cc(F)c(F)c(F)c1. The Morgan fingerprint density at radius 1 is 1.25 bits per heavy atom. The lowest BCUT2D eigenvalue weighted by molar-refractivity contribution is -0.120. The van der Waals surface area contributed by atoms with E-state index in [1.54, 1.807) is 0 Å². The third-order valence-corrected chi connectivity index (χ3v) is 1.94. The van der Waals surface area contributed by atoms with Gasteiger partial charge in [0.25, 0.3) is 0 Å². The predicted molar refractivity (Wildman–Crippen MR) is 53.5 cm³/mol. The van der Waals surface area contributed by atoms with Crippen molar-refractivity contribution >= 4 is 11.6 Å². The topological polar surface area (TPSA) is 41.1 Å². The van der Waals surface area contributed by atoms with Gasteiger partial charge in [-0.2, -0.15) is 0 Å². The lowest BCUT2D eigenvalue weighted by Gasteiger charge is -2.06. The van der Waals surface area contributed by atoms with Crippen LogP contribution in [0.3, 0.4) is 0 Å². The molecule has 0 radical (unpaired) electrons. The molecule has 0 saturated heterocycles. The number of hydrogen-bond donors (Lipinski definition) is 2. The van der Waals surface area contributed by atoms with E-state index in [0.29, 0.717) is 0 Å². The van der Waals surface area contributed by atoms with Crippen LogP contribution in [0, 0.1) is 17.5 Å². The Balaban J connectivity index is 2.58. The molecule has 0 aliphatic heterocycles. The molecule has 16 heavy (non-hydrogen) atoms. The van der Waals surface area contributed by atoms with Gasteiger partial charge in [0.1, 0.15) is 0 Å². The summed E-state index contributed by atoms with van der Waals surface area (Å²) in [4.78, 5) is 10.8. The van der Waals surface area contributed by atoms with Gasteiger partial charge < -0.3 is 10.6 Å². The summed E-state index contributed by atoms with van der Waals surface area (Å²) in [6.45, 7) is 0.212. The maximum atomic E-state index is 12.8. The number of amides is 1. The van der Waals surface area contributed by atoms with Crippen molar-refractivity contribution in [3.63, 3.8) is 0 Å². The molecule has 0 heterocycles. The first-order valence-corrected chi connectivity index (χ1v) is 4.63. The fourth-order valence-electron chi connectivity index (χ4n) is 1.10. The average Bonchev–Trinajstić information content (AvgIpc) is 2.25. The second kappa shape index (κ2) is 5.39. The van der Waals surface area contributed by atoms with Crippen LogP contribution in [0.15, 0.2) is 12.1 Å². The quantitative estimate of drug-likeness (QED) is 0.775. The molecular weight excluding hydrogens is 221 g/mol. The fraction of sp³-hybridized carbons (Fsp3) is 0.300. The van der Waals surface area contributed by atoms with E-state index >= 15 is 0 Å². The van der Waals surface area contributed by atoms with Crippen LogP contribution in [-0.2, 0) is 4.79 Å². The van der Waals surface area contributed by atoms with Crippen LogP contribution in [0.2, 0.25) is 0 Å². The summed E-state index contributed by atoms with van der Waals surface area (Å²) in [7, 11) is 1.49. The molecule has 1 aromatic carbocycles. The van der Waals surface area contributed by atoms with E-state index < -0.39 is 17.5 Å². The molecule has 1 amide bonds. The first-order chi connectivity index (χ1) is 7.54. The normalized spacial score (nSPS) is 10.0. The van der Waals surface area contributed by atoms with Crippen LogP contribution < -0.4 is 10.6 Å². The van der Waals surface area contributed by atoms with E-state index in [4.69, 9.17) is 0 Å². The third kappa shape index (κ3) is 3.15. The third-order valence-electron chi connectivity index (χ3n) is 1.94. The van der Waals surface area contributed by atoms with Crippen LogP contribution >= 0.6 is 0 Å². The zero-order valence-corrected chi connectivity index (χ0v) is 8.61. The van der Waals surface area contributed by atoms with Crippen molar-refractivity contribution in [2.75, 3.05) is 18.9 Å². The Hall–Kier alpha value is -1.72. The van der Waals surface area contributed by atoms with E-state index in [1.807, 2.05) is 0 Å². The van der Waals surface area contributed by atoms with E-state index in [2.05, 4.69) is 10.6 Å². The van der Waals surface area contributed by atoms with E-state index in [0.717, 1.165) is 12.1 Å². The monoisotopic (exact) mass is 232 g/mol. The smallest absolute Gasteiger partial charge is 0.221 e. The average molecular weight is 232 g/mol. The van der Waals surface area contributed by atoms with Crippen molar-refractivity contribution in [2.45, 2.75) is 6.42 Å². The minimum atomic E-state index is -1.50. The van der Waals surface area contributed by atoms with Gasteiger partial charge in [0, 0.05) is 37.8 Å². The van der Waals surface area contributed by atoms with Crippen LogP contribution in [0.4, 0.5) is 18.9 Å².